The maximum Gasteiger partial charge on any atom is 0.408 e. The van der Waals surface area contributed by atoms with Crippen molar-refractivity contribution in [1.29, 1.82) is 0 Å². The molecular formula is C14H11ClF3N5. The lowest BCUT2D eigenvalue weighted by atomic mass is 10.2. The Labute approximate surface area is 134 Å². The number of halogens is 4. The van der Waals surface area contributed by atoms with Crippen molar-refractivity contribution in [3.63, 3.8) is 0 Å². The maximum atomic E-state index is 12.3. The molecule has 9 heteroatoms. The minimum Gasteiger partial charge on any atom is -0.263 e. The quantitative estimate of drug-likeness (QED) is 0.730. The Hall–Kier alpha value is -2.35. The normalized spacial score (nSPS) is 11.8. The highest BCUT2D eigenvalue weighted by Gasteiger charge is 2.28. The summed E-state index contributed by atoms with van der Waals surface area (Å²) in [7, 11) is 0. The molecule has 0 atom stereocenters. The first-order valence-corrected chi connectivity index (χ1v) is 7.02. The van der Waals surface area contributed by atoms with Gasteiger partial charge in [-0.05, 0) is 23.8 Å². The number of aromatic nitrogens is 5. The molecule has 0 unspecified atom stereocenters. The minimum absolute atomic E-state index is 0.344. The molecule has 120 valence electrons. The molecule has 2 aromatic heterocycles. The van der Waals surface area contributed by atoms with Gasteiger partial charge in [0.1, 0.15) is 17.9 Å². The molecule has 0 aliphatic rings. The molecule has 0 N–H and O–H groups in total. The first kappa shape index (κ1) is 15.5. The van der Waals surface area contributed by atoms with E-state index in [-0.39, 0.29) is 0 Å². The van der Waals surface area contributed by atoms with Gasteiger partial charge in [-0.1, -0.05) is 28.9 Å². The fraction of sp³-hybridized carbons (Fsp3) is 0.214. The lowest BCUT2D eigenvalue weighted by Gasteiger charge is -2.04. The van der Waals surface area contributed by atoms with Crippen molar-refractivity contribution in [2.45, 2.75) is 19.3 Å². The number of benzene rings is 1. The average Bonchev–Trinajstić information content (AvgIpc) is 3.09. The fourth-order valence-electron chi connectivity index (χ4n) is 2.04. The molecule has 0 aliphatic carbocycles. The van der Waals surface area contributed by atoms with Gasteiger partial charge in [0.05, 0.1) is 12.7 Å². The Morgan fingerprint density at radius 3 is 2.43 bits per heavy atom. The van der Waals surface area contributed by atoms with Crippen LogP contribution < -0.4 is 0 Å². The van der Waals surface area contributed by atoms with Crippen LogP contribution in [-0.2, 0) is 13.1 Å². The van der Waals surface area contributed by atoms with Crippen LogP contribution in [0.25, 0.3) is 11.4 Å². The summed E-state index contributed by atoms with van der Waals surface area (Å²) in [4.78, 5) is 0. The second-order valence-corrected chi connectivity index (χ2v) is 5.38. The van der Waals surface area contributed by atoms with Gasteiger partial charge in [-0.15, -0.1) is 5.10 Å². The van der Waals surface area contributed by atoms with E-state index < -0.39 is 12.7 Å². The van der Waals surface area contributed by atoms with Crippen LogP contribution in [0.15, 0.2) is 42.7 Å². The molecule has 0 spiro atoms. The van der Waals surface area contributed by atoms with Crippen molar-refractivity contribution in [3.8, 4) is 11.4 Å². The number of hydrogen-bond acceptors (Lipinski definition) is 3. The maximum absolute atomic E-state index is 12.3. The number of alkyl halides is 3. The van der Waals surface area contributed by atoms with Crippen LogP contribution in [0.4, 0.5) is 13.2 Å². The zero-order valence-corrected chi connectivity index (χ0v) is 12.5. The van der Waals surface area contributed by atoms with Crippen LogP contribution in [0.1, 0.15) is 5.56 Å². The lowest BCUT2D eigenvalue weighted by molar-refractivity contribution is -0.142. The second kappa shape index (κ2) is 6.04. The first-order chi connectivity index (χ1) is 10.9. The summed E-state index contributed by atoms with van der Waals surface area (Å²) in [5, 5.41) is 12.4. The van der Waals surface area contributed by atoms with Gasteiger partial charge in [0, 0.05) is 11.2 Å². The minimum atomic E-state index is -4.31. The molecule has 0 radical (unpaired) electrons. The SMILES string of the molecule is FC(F)(F)Cn1ccc(-c2cn(Cc3ccc(Cl)cc3)nn2)n1. The van der Waals surface area contributed by atoms with Gasteiger partial charge in [0.15, 0.2) is 0 Å². The third kappa shape index (κ3) is 4.10. The van der Waals surface area contributed by atoms with Crippen molar-refractivity contribution in [3.05, 3.63) is 53.3 Å². The third-order valence-electron chi connectivity index (χ3n) is 3.04. The summed E-state index contributed by atoms with van der Waals surface area (Å²) in [5.41, 5.74) is 1.74. The molecule has 0 amide bonds. The molecule has 1 aromatic carbocycles. The molecule has 0 saturated heterocycles. The predicted molar refractivity (Wildman–Crippen MR) is 77.9 cm³/mol. The van der Waals surface area contributed by atoms with E-state index in [1.807, 2.05) is 12.1 Å². The van der Waals surface area contributed by atoms with Crippen LogP contribution in [0.5, 0.6) is 0 Å². The van der Waals surface area contributed by atoms with Crippen LogP contribution in [-0.4, -0.2) is 31.0 Å². The van der Waals surface area contributed by atoms with E-state index in [0.29, 0.717) is 23.0 Å². The van der Waals surface area contributed by atoms with Gasteiger partial charge in [0.2, 0.25) is 0 Å². The molecule has 2 heterocycles. The Morgan fingerprint density at radius 2 is 1.74 bits per heavy atom. The largest absolute Gasteiger partial charge is 0.408 e. The molecule has 5 nitrogen and oxygen atoms in total. The zero-order chi connectivity index (χ0) is 16.4. The van der Waals surface area contributed by atoms with Gasteiger partial charge >= 0.3 is 6.18 Å². The fourth-order valence-corrected chi connectivity index (χ4v) is 2.17. The van der Waals surface area contributed by atoms with E-state index in [2.05, 4.69) is 15.4 Å². The summed E-state index contributed by atoms with van der Waals surface area (Å²) >= 11 is 5.82. The Kier molecular flexibility index (Phi) is 4.08. The second-order valence-electron chi connectivity index (χ2n) is 4.94. The summed E-state index contributed by atoms with van der Waals surface area (Å²) in [6, 6.07) is 8.74. The van der Waals surface area contributed by atoms with E-state index in [0.717, 1.165) is 10.2 Å². The van der Waals surface area contributed by atoms with Crippen molar-refractivity contribution < 1.29 is 13.2 Å². The van der Waals surface area contributed by atoms with E-state index in [1.165, 1.54) is 12.3 Å². The monoisotopic (exact) mass is 341 g/mol. The van der Waals surface area contributed by atoms with E-state index in [1.54, 1.807) is 23.0 Å². The van der Waals surface area contributed by atoms with Crippen molar-refractivity contribution >= 4 is 11.6 Å². The average molecular weight is 342 g/mol. The van der Waals surface area contributed by atoms with Gasteiger partial charge in [-0.3, -0.25) is 4.68 Å². The van der Waals surface area contributed by atoms with Crippen molar-refractivity contribution in [2.24, 2.45) is 0 Å². The van der Waals surface area contributed by atoms with E-state index >= 15 is 0 Å². The first-order valence-electron chi connectivity index (χ1n) is 6.64. The Morgan fingerprint density at radius 1 is 1.00 bits per heavy atom. The number of nitrogens with zero attached hydrogens (tertiary/aromatic N) is 5. The topological polar surface area (TPSA) is 48.5 Å². The zero-order valence-electron chi connectivity index (χ0n) is 11.7. The van der Waals surface area contributed by atoms with Crippen LogP contribution >= 0.6 is 11.6 Å². The molecule has 0 bridgehead atoms. The Balaban J connectivity index is 1.73. The number of hydrogen-bond donors (Lipinski definition) is 0. The predicted octanol–water partition coefficient (Wildman–Crippen LogP) is 3.41. The van der Waals surface area contributed by atoms with Gasteiger partial charge < -0.3 is 0 Å². The third-order valence-corrected chi connectivity index (χ3v) is 3.29. The van der Waals surface area contributed by atoms with Gasteiger partial charge in [-0.2, -0.15) is 18.3 Å². The molecule has 3 rings (SSSR count). The standard InChI is InChI=1S/C14H11ClF3N5/c15-11-3-1-10(2-4-11)7-23-8-13(19-21-23)12-5-6-22(20-12)9-14(16,17)18/h1-6,8H,7,9H2. The van der Waals surface area contributed by atoms with Crippen molar-refractivity contribution in [1.82, 2.24) is 24.8 Å². The van der Waals surface area contributed by atoms with E-state index in [9.17, 15) is 13.2 Å². The number of rotatable bonds is 4. The summed E-state index contributed by atoms with van der Waals surface area (Å²) in [6.07, 6.45) is -1.41. The lowest BCUT2D eigenvalue weighted by Crippen LogP contribution is -2.17. The summed E-state index contributed by atoms with van der Waals surface area (Å²) in [6.45, 7) is -0.653. The highest BCUT2D eigenvalue weighted by molar-refractivity contribution is 6.30. The molecule has 3 aromatic rings. The molecule has 23 heavy (non-hydrogen) atoms. The van der Waals surface area contributed by atoms with Gasteiger partial charge in [0.25, 0.3) is 0 Å². The van der Waals surface area contributed by atoms with Crippen LogP contribution in [0, 0.1) is 0 Å². The van der Waals surface area contributed by atoms with Gasteiger partial charge in [-0.25, -0.2) is 4.68 Å². The highest BCUT2D eigenvalue weighted by Crippen LogP contribution is 2.19. The smallest absolute Gasteiger partial charge is 0.263 e. The van der Waals surface area contributed by atoms with E-state index in [4.69, 9.17) is 11.6 Å². The molecule has 0 saturated carbocycles. The summed E-state index contributed by atoms with van der Waals surface area (Å²) in [5.74, 6) is 0. The summed E-state index contributed by atoms with van der Waals surface area (Å²) < 4.78 is 39.4. The van der Waals surface area contributed by atoms with Crippen LogP contribution in [0.3, 0.4) is 0 Å². The van der Waals surface area contributed by atoms with Crippen LogP contribution in [0.2, 0.25) is 5.02 Å². The Bertz CT molecular complexity index is 791. The van der Waals surface area contributed by atoms with Crippen molar-refractivity contribution in [2.75, 3.05) is 0 Å². The molecule has 0 fully saturated rings. The molecule has 0 aliphatic heterocycles. The molecular weight excluding hydrogens is 331 g/mol. The highest BCUT2D eigenvalue weighted by atomic mass is 35.5.